The van der Waals surface area contributed by atoms with Gasteiger partial charge in [0.25, 0.3) is 11.8 Å². The van der Waals surface area contributed by atoms with Crippen molar-refractivity contribution in [3.05, 3.63) is 56.8 Å². The van der Waals surface area contributed by atoms with Crippen LogP contribution < -0.4 is 10.9 Å². The molecule has 20 heavy (non-hydrogen) atoms. The molecule has 0 spiro atoms. The van der Waals surface area contributed by atoms with Gasteiger partial charge >= 0.3 is 0 Å². The SMILES string of the molecule is Cc1ccc(C(=O)NNC(=O)c2sccc2C)c(C)c1. The van der Waals surface area contributed by atoms with Crippen LogP contribution in [0.15, 0.2) is 29.6 Å². The van der Waals surface area contributed by atoms with E-state index < -0.39 is 0 Å². The standard InChI is InChI=1S/C15H16N2O2S/c1-9-4-5-12(11(3)8-9)14(18)16-17-15(19)13-10(2)6-7-20-13/h4-8H,1-3H3,(H,16,18)(H,17,19). The van der Waals surface area contributed by atoms with Gasteiger partial charge in [0.1, 0.15) is 0 Å². The van der Waals surface area contributed by atoms with E-state index in [-0.39, 0.29) is 11.8 Å². The molecule has 0 atom stereocenters. The minimum absolute atomic E-state index is 0.296. The molecule has 0 bridgehead atoms. The first-order chi connectivity index (χ1) is 9.49. The van der Waals surface area contributed by atoms with Crippen LogP contribution in [0.4, 0.5) is 0 Å². The van der Waals surface area contributed by atoms with Crippen LogP contribution in [0.3, 0.4) is 0 Å². The van der Waals surface area contributed by atoms with Crippen LogP contribution in [0.5, 0.6) is 0 Å². The minimum atomic E-state index is -0.315. The number of hydrogen-bond donors (Lipinski definition) is 2. The molecule has 0 saturated heterocycles. The number of benzene rings is 1. The fourth-order valence-electron chi connectivity index (χ4n) is 1.91. The number of thiophene rings is 1. The zero-order valence-electron chi connectivity index (χ0n) is 11.6. The van der Waals surface area contributed by atoms with Crippen LogP contribution in [-0.2, 0) is 0 Å². The van der Waals surface area contributed by atoms with Gasteiger partial charge in [-0.25, -0.2) is 0 Å². The Morgan fingerprint density at radius 2 is 1.65 bits per heavy atom. The van der Waals surface area contributed by atoms with Gasteiger partial charge in [0, 0.05) is 5.56 Å². The molecule has 2 rings (SSSR count). The number of aryl methyl sites for hydroxylation is 3. The molecule has 0 unspecified atom stereocenters. The van der Waals surface area contributed by atoms with E-state index in [1.54, 1.807) is 6.07 Å². The number of hydrogen-bond acceptors (Lipinski definition) is 3. The molecule has 0 radical (unpaired) electrons. The summed E-state index contributed by atoms with van der Waals surface area (Å²) in [5.74, 6) is -0.610. The highest BCUT2D eigenvalue weighted by molar-refractivity contribution is 7.12. The lowest BCUT2D eigenvalue weighted by molar-refractivity contribution is 0.0848. The maximum absolute atomic E-state index is 12.0. The number of hydrazine groups is 1. The van der Waals surface area contributed by atoms with Gasteiger partial charge in [-0.05, 0) is 49.4 Å². The molecular weight excluding hydrogens is 272 g/mol. The van der Waals surface area contributed by atoms with Gasteiger partial charge in [0.2, 0.25) is 0 Å². The Hall–Kier alpha value is -2.14. The fourth-order valence-corrected chi connectivity index (χ4v) is 2.73. The Labute approximate surface area is 121 Å². The zero-order chi connectivity index (χ0) is 14.7. The lowest BCUT2D eigenvalue weighted by Crippen LogP contribution is -2.41. The summed E-state index contributed by atoms with van der Waals surface area (Å²) in [6.45, 7) is 5.69. The highest BCUT2D eigenvalue weighted by Crippen LogP contribution is 2.15. The van der Waals surface area contributed by atoms with E-state index in [9.17, 15) is 9.59 Å². The maximum Gasteiger partial charge on any atom is 0.280 e. The highest BCUT2D eigenvalue weighted by atomic mass is 32.1. The molecule has 2 N–H and O–H groups in total. The maximum atomic E-state index is 12.0. The second-order valence-corrected chi connectivity index (χ2v) is 5.58. The summed E-state index contributed by atoms with van der Waals surface area (Å²) in [4.78, 5) is 24.5. The molecule has 0 fully saturated rings. The second kappa shape index (κ2) is 5.88. The van der Waals surface area contributed by atoms with Crippen molar-refractivity contribution < 1.29 is 9.59 Å². The molecule has 2 amide bonds. The second-order valence-electron chi connectivity index (χ2n) is 4.66. The molecule has 0 aliphatic heterocycles. The van der Waals surface area contributed by atoms with Crippen LogP contribution >= 0.6 is 11.3 Å². The summed E-state index contributed by atoms with van der Waals surface area (Å²) in [5.41, 5.74) is 8.31. The van der Waals surface area contributed by atoms with Crippen LogP contribution in [-0.4, -0.2) is 11.8 Å². The summed E-state index contributed by atoms with van der Waals surface area (Å²) >= 11 is 1.35. The summed E-state index contributed by atoms with van der Waals surface area (Å²) in [5, 5.41) is 1.84. The summed E-state index contributed by atoms with van der Waals surface area (Å²) in [7, 11) is 0. The molecule has 0 aliphatic rings. The largest absolute Gasteiger partial charge is 0.280 e. The van der Waals surface area contributed by atoms with E-state index in [1.807, 2.05) is 44.4 Å². The lowest BCUT2D eigenvalue weighted by atomic mass is 10.1. The third-order valence-corrected chi connectivity index (χ3v) is 4.00. The van der Waals surface area contributed by atoms with E-state index >= 15 is 0 Å². The first-order valence-corrected chi connectivity index (χ1v) is 7.09. The quantitative estimate of drug-likeness (QED) is 0.835. The molecule has 1 heterocycles. The summed E-state index contributed by atoms with van der Waals surface area (Å²) in [6, 6.07) is 7.42. The van der Waals surface area contributed by atoms with Crippen molar-refractivity contribution in [3.63, 3.8) is 0 Å². The molecule has 2 aromatic rings. The molecule has 5 heteroatoms. The Bertz CT molecular complexity index is 662. The van der Waals surface area contributed by atoms with Gasteiger partial charge < -0.3 is 0 Å². The zero-order valence-corrected chi connectivity index (χ0v) is 12.4. The monoisotopic (exact) mass is 288 g/mol. The van der Waals surface area contributed by atoms with Crippen molar-refractivity contribution in [2.45, 2.75) is 20.8 Å². The first kappa shape index (κ1) is 14.3. The van der Waals surface area contributed by atoms with E-state index in [4.69, 9.17) is 0 Å². The molecule has 4 nitrogen and oxygen atoms in total. The van der Waals surface area contributed by atoms with Crippen molar-refractivity contribution in [2.75, 3.05) is 0 Å². The molecular formula is C15H16N2O2S. The first-order valence-electron chi connectivity index (χ1n) is 6.21. The predicted molar refractivity (Wildman–Crippen MR) is 79.9 cm³/mol. The predicted octanol–water partition coefficient (Wildman–Crippen LogP) is 2.75. The fraction of sp³-hybridized carbons (Fsp3) is 0.200. The topological polar surface area (TPSA) is 58.2 Å². The third-order valence-electron chi connectivity index (χ3n) is 2.98. The van der Waals surface area contributed by atoms with E-state index in [1.165, 1.54) is 11.3 Å². The van der Waals surface area contributed by atoms with E-state index in [2.05, 4.69) is 10.9 Å². The van der Waals surface area contributed by atoms with Gasteiger partial charge in [-0.3, -0.25) is 20.4 Å². The van der Waals surface area contributed by atoms with E-state index in [0.29, 0.717) is 10.4 Å². The Kier molecular flexibility index (Phi) is 4.20. The molecule has 1 aromatic carbocycles. The van der Waals surface area contributed by atoms with Crippen molar-refractivity contribution in [1.82, 2.24) is 10.9 Å². The van der Waals surface area contributed by atoms with Crippen LogP contribution in [0, 0.1) is 20.8 Å². The van der Waals surface area contributed by atoms with E-state index in [0.717, 1.165) is 16.7 Å². The third kappa shape index (κ3) is 3.05. The number of carbonyl (C=O) groups is 2. The Balaban J connectivity index is 2.02. The van der Waals surface area contributed by atoms with Gasteiger partial charge in [-0.1, -0.05) is 17.7 Å². The van der Waals surface area contributed by atoms with Crippen molar-refractivity contribution in [2.24, 2.45) is 0 Å². The van der Waals surface area contributed by atoms with Gasteiger partial charge in [-0.15, -0.1) is 11.3 Å². The molecule has 104 valence electrons. The molecule has 1 aromatic heterocycles. The van der Waals surface area contributed by atoms with Gasteiger partial charge in [0.15, 0.2) is 0 Å². The number of amides is 2. The summed E-state index contributed by atoms with van der Waals surface area (Å²) < 4.78 is 0. The normalized spacial score (nSPS) is 10.2. The van der Waals surface area contributed by atoms with Crippen LogP contribution in [0.2, 0.25) is 0 Å². The average molecular weight is 288 g/mol. The van der Waals surface area contributed by atoms with Crippen molar-refractivity contribution >= 4 is 23.2 Å². The van der Waals surface area contributed by atoms with Crippen LogP contribution in [0.1, 0.15) is 36.7 Å². The highest BCUT2D eigenvalue weighted by Gasteiger charge is 2.13. The minimum Gasteiger partial charge on any atom is -0.267 e. The van der Waals surface area contributed by atoms with Crippen LogP contribution in [0.25, 0.3) is 0 Å². The Morgan fingerprint density at radius 3 is 2.25 bits per heavy atom. The number of rotatable bonds is 2. The van der Waals surface area contributed by atoms with Crippen molar-refractivity contribution in [1.29, 1.82) is 0 Å². The average Bonchev–Trinajstić information content (AvgIpc) is 2.82. The number of nitrogens with one attached hydrogen (secondary N) is 2. The Morgan fingerprint density at radius 1 is 0.950 bits per heavy atom. The van der Waals surface area contributed by atoms with Gasteiger partial charge in [-0.2, -0.15) is 0 Å². The molecule has 0 aliphatic carbocycles. The smallest absolute Gasteiger partial charge is 0.267 e. The van der Waals surface area contributed by atoms with Crippen molar-refractivity contribution in [3.8, 4) is 0 Å². The number of carbonyl (C=O) groups excluding carboxylic acids is 2. The lowest BCUT2D eigenvalue weighted by Gasteiger charge is -2.09. The van der Waals surface area contributed by atoms with Gasteiger partial charge in [0.05, 0.1) is 4.88 Å². The summed E-state index contributed by atoms with van der Waals surface area (Å²) in [6.07, 6.45) is 0. The molecule has 0 saturated carbocycles.